The van der Waals surface area contributed by atoms with Crippen molar-refractivity contribution in [1.29, 1.82) is 0 Å². The normalized spacial score (nSPS) is 10.1. The molecule has 2 aromatic rings. The molecule has 0 saturated carbocycles. The molecule has 92 valence electrons. The summed E-state index contributed by atoms with van der Waals surface area (Å²) in [6, 6.07) is 15.9. The maximum atomic E-state index is 11.3. The second-order valence-electron chi connectivity index (χ2n) is 4.29. The molecule has 18 heavy (non-hydrogen) atoms. The maximum absolute atomic E-state index is 11.3. The van der Waals surface area contributed by atoms with Crippen molar-refractivity contribution in [2.24, 2.45) is 0 Å². The molecule has 0 fully saturated rings. The lowest BCUT2D eigenvalue weighted by molar-refractivity contribution is 0.0600. The summed E-state index contributed by atoms with van der Waals surface area (Å²) < 4.78 is 4.67. The van der Waals surface area contributed by atoms with Gasteiger partial charge in [0.25, 0.3) is 0 Å². The van der Waals surface area contributed by atoms with E-state index >= 15 is 0 Å². The highest BCUT2D eigenvalue weighted by Crippen LogP contribution is 2.14. The van der Waals surface area contributed by atoms with E-state index in [9.17, 15) is 4.79 Å². The van der Waals surface area contributed by atoms with Crippen molar-refractivity contribution in [2.45, 2.75) is 13.3 Å². The zero-order chi connectivity index (χ0) is 13.0. The summed E-state index contributed by atoms with van der Waals surface area (Å²) in [4.78, 5) is 11.3. The molecule has 0 aromatic heterocycles. The van der Waals surface area contributed by atoms with E-state index in [-0.39, 0.29) is 5.97 Å². The van der Waals surface area contributed by atoms with Crippen LogP contribution in [0.25, 0.3) is 0 Å². The summed E-state index contributed by atoms with van der Waals surface area (Å²) >= 11 is 0. The average molecular weight is 240 g/mol. The first-order chi connectivity index (χ1) is 8.70. The number of aryl methyl sites for hydroxylation is 1. The predicted octanol–water partition coefficient (Wildman–Crippen LogP) is 3.37. The number of hydrogen-bond donors (Lipinski definition) is 0. The molecule has 0 spiro atoms. The van der Waals surface area contributed by atoms with E-state index in [0.717, 1.165) is 6.42 Å². The van der Waals surface area contributed by atoms with Gasteiger partial charge in [0.05, 0.1) is 12.7 Å². The van der Waals surface area contributed by atoms with Crippen LogP contribution in [0.4, 0.5) is 0 Å². The molecule has 0 saturated heterocycles. The fourth-order valence-corrected chi connectivity index (χ4v) is 1.90. The van der Waals surface area contributed by atoms with E-state index in [1.54, 1.807) is 12.1 Å². The molecule has 2 aromatic carbocycles. The molecule has 2 heteroatoms. The first kappa shape index (κ1) is 12.4. The van der Waals surface area contributed by atoms with Gasteiger partial charge in [-0.3, -0.25) is 0 Å². The summed E-state index contributed by atoms with van der Waals surface area (Å²) in [7, 11) is 1.39. The Labute approximate surface area is 107 Å². The lowest BCUT2D eigenvalue weighted by Gasteiger charge is -2.06. The predicted molar refractivity (Wildman–Crippen MR) is 71.8 cm³/mol. The number of rotatable bonds is 3. The molecule has 0 aliphatic rings. The number of benzene rings is 2. The van der Waals surface area contributed by atoms with Gasteiger partial charge in [-0.15, -0.1) is 0 Å². The molecule has 2 nitrogen and oxygen atoms in total. The first-order valence-corrected chi connectivity index (χ1v) is 5.92. The van der Waals surface area contributed by atoms with Crippen molar-refractivity contribution in [3.05, 3.63) is 70.8 Å². The van der Waals surface area contributed by atoms with Gasteiger partial charge >= 0.3 is 5.97 Å². The third-order valence-electron chi connectivity index (χ3n) is 3.03. The Hall–Kier alpha value is -2.09. The molecule has 0 unspecified atom stereocenters. The van der Waals surface area contributed by atoms with Crippen LogP contribution in [0.1, 0.15) is 27.0 Å². The highest BCUT2D eigenvalue weighted by atomic mass is 16.5. The third-order valence-corrected chi connectivity index (χ3v) is 3.03. The van der Waals surface area contributed by atoms with Crippen LogP contribution in [-0.4, -0.2) is 13.1 Å². The molecule has 0 amide bonds. The Balaban J connectivity index is 2.16. The minimum atomic E-state index is -0.294. The first-order valence-electron chi connectivity index (χ1n) is 5.92. The zero-order valence-electron chi connectivity index (χ0n) is 10.6. The second kappa shape index (κ2) is 5.50. The van der Waals surface area contributed by atoms with E-state index in [1.165, 1.54) is 23.8 Å². The van der Waals surface area contributed by atoms with E-state index in [1.807, 2.05) is 24.3 Å². The molecular formula is C16H16O2. The van der Waals surface area contributed by atoms with Gasteiger partial charge < -0.3 is 4.74 Å². The van der Waals surface area contributed by atoms with Crippen LogP contribution in [0, 0.1) is 6.92 Å². The molecular weight excluding hydrogens is 224 g/mol. The quantitative estimate of drug-likeness (QED) is 0.769. The van der Waals surface area contributed by atoms with E-state index in [4.69, 9.17) is 0 Å². The van der Waals surface area contributed by atoms with Crippen LogP contribution < -0.4 is 0 Å². The summed E-state index contributed by atoms with van der Waals surface area (Å²) in [5, 5.41) is 0. The SMILES string of the molecule is COC(=O)c1ccc(Cc2ccccc2C)cc1. The van der Waals surface area contributed by atoms with Gasteiger partial charge in [-0.05, 0) is 42.2 Å². The Bertz CT molecular complexity index is 541. The monoisotopic (exact) mass is 240 g/mol. The standard InChI is InChI=1S/C16H16O2/c1-12-5-3-4-6-15(12)11-13-7-9-14(10-8-13)16(17)18-2/h3-10H,11H2,1-2H3. The number of carbonyl (C=O) groups is 1. The highest BCUT2D eigenvalue weighted by molar-refractivity contribution is 5.89. The largest absolute Gasteiger partial charge is 0.465 e. The molecule has 0 radical (unpaired) electrons. The second-order valence-corrected chi connectivity index (χ2v) is 4.29. The van der Waals surface area contributed by atoms with Crippen LogP contribution in [0.15, 0.2) is 48.5 Å². The number of carbonyl (C=O) groups excluding carboxylic acids is 1. The number of methoxy groups -OCH3 is 1. The summed E-state index contributed by atoms with van der Waals surface area (Å²) in [5.41, 5.74) is 4.38. The van der Waals surface area contributed by atoms with Crippen LogP contribution >= 0.6 is 0 Å². The van der Waals surface area contributed by atoms with Crippen molar-refractivity contribution in [1.82, 2.24) is 0 Å². The minimum Gasteiger partial charge on any atom is -0.465 e. The van der Waals surface area contributed by atoms with Gasteiger partial charge in [-0.1, -0.05) is 36.4 Å². The van der Waals surface area contributed by atoms with Gasteiger partial charge in [0.2, 0.25) is 0 Å². The average Bonchev–Trinajstić information content (AvgIpc) is 2.41. The Morgan fingerprint density at radius 3 is 2.33 bits per heavy atom. The van der Waals surface area contributed by atoms with Gasteiger partial charge in [-0.25, -0.2) is 4.79 Å². The molecule has 0 aliphatic carbocycles. The number of ether oxygens (including phenoxy) is 1. The maximum Gasteiger partial charge on any atom is 0.337 e. The summed E-state index contributed by atoms with van der Waals surface area (Å²) in [5.74, 6) is -0.294. The molecule has 0 N–H and O–H groups in total. The van der Waals surface area contributed by atoms with Crippen LogP contribution in [0.3, 0.4) is 0 Å². The zero-order valence-corrected chi connectivity index (χ0v) is 10.6. The summed E-state index contributed by atoms with van der Waals surface area (Å²) in [6.07, 6.45) is 0.883. The fourth-order valence-electron chi connectivity index (χ4n) is 1.90. The molecule has 0 heterocycles. The van der Waals surface area contributed by atoms with Crippen molar-refractivity contribution >= 4 is 5.97 Å². The third kappa shape index (κ3) is 2.77. The van der Waals surface area contributed by atoms with Crippen molar-refractivity contribution in [2.75, 3.05) is 7.11 Å². The fraction of sp³-hybridized carbons (Fsp3) is 0.188. The number of esters is 1. The van der Waals surface area contributed by atoms with Crippen molar-refractivity contribution < 1.29 is 9.53 Å². The Morgan fingerprint density at radius 1 is 1.06 bits per heavy atom. The minimum absolute atomic E-state index is 0.294. The van der Waals surface area contributed by atoms with Crippen molar-refractivity contribution in [3.8, 4) is 0 Å². The molecule has 0 aliphatic heterocycles. The molecule has 0 atom stereocenters. The van der Waals surface area contributed by atoms with E-state index in [0.29, 0.717) is 5.56 Å². The summed E-state index contributed by atoms with van der Waals surface area (Å²) in [6.45, 7) is 2.11. The van der Waals surface area contributed by atoms with Crippen LogP contribution in [0.5, 0.6) is 0 Å². The topological polar surface area (TPSA) is 26.3 Å². The smallest absolute Gasteiger partial charge is 0.337 e. The van der Waals surface area contributed by atoms with Gasteiger partial charge in [0.1, 0.15) is 0 Å². The number of hydrogen-bond acceptors (Lipinski definition) is 2. The molecule has 0 bridgehead atoms. The lowest BCUT2D eigenvalue weighted by atomic mass is 10.00. The van der Waals surface area contributed by atoms with Crippen LogP contribution in [0.2, 0.25) is 0 Å². The van der Waals surface area contributed by atoms with E-state index < -0.39 is 0 Å². The van der Waals surface area contributed by atoms with Gasteiger partial charge in [0, 0.05) is 0 Å². The van der Waals surface area contributed by atoms with Crippen LogP contribution in [-0.2, 0) is 11.2 Å². The lowest BCUT2D eigenvalue weighted by Crippen LogP contribution is -2.01. The molecule has 2 rings (SSSR count). The van der Waals surface area contributed by atoms with Gasteiger partial charge in [-0.2, -0.15) is 0 Å². The van der Waals surface area contributed by atoms with Crippen molar-refractivity contribution in [3.63, 3.8) is 0 Å². The highest BCUT2D eigenvalue weighted by Gasteiger charge is 2.05. The Morgan fingerprint density at radius 2 is 1.72 bits per heavy atom. The Kier molecular flexibility index (Phi) is 3.78. The van der Waals surface area contributed by atoms with Gasteiger partial charge in [0.15, 0.2) is 0 Å². The van der Waals surface area contributed by atoms with E-state index in [2.05, 4.69) is 23.8 Å².